The van der Waals surface area contributed by atoms with Crippen molar-refractivity contribution in [2.75, 3.05) is 12.3 Å². The molecule has 0 bridgehead atoms. The molecule has 1 fully saturated rings. The number of carbonyl (C=O) groups is 2. The van der Waals surface area contributed by atoms with Crippen LogP contribution >= 0.6 is 0 Å². The van der Waals surface area contributed by atoms with Crippen LogP contribution in [-0.4, -0.2) is 34.5 Å². The smallest absolute Gasteiger partial charge is 0.326 e. The molecule has 5 nitrogen and oxygen atoms in total. The van der Waals surface area contributed by atoms with Gasteiger partial charge in [-0.2, -0.15) is 0 Å². The third-order valence-corrected chi connectivity index (χ3v) is 3.40. The maximum Gasteiger partial charge on any atom is 0.326 e. The maximum absolute atomic E-state index is 12.1. The van der Waals surface area contributed by atoms with Crippen molar-refractivity contribution in [3.63, 3.8) is 0 Å². The number of carbonyl (C=O) groups excluding carboxylic acids is 1. The summed E-state index contributed by atoms with van der Waals surface area (Å²) in [5.41, 5.74) is 7.11. The quantitative estimate of drug-likeness (QED) is 0.649. The normalized spacial score (nSPS) is 19.2. The van der Waals surface area contributed by atoms with Gasteiger partial charge in [-0.1, -0.05) is 12.1 Å². The van der Waals surface area contributed by atoms with Gasteiger partial charge in [-0.15, -0.1) is 0 Å². The molecule has 0 aliphatic carbocycles. The second-order valence-electron chi connectivity index (χ2n) is 4.88. The van der Waals surface area contributed by atoms with Crippen LogP contribution in [-0.2, 0) is 9.59 Å². The number of likely N-dealkylation sites (tertiary alicyclic amines) is 1. The van der Waals surface area contributed by atoms with E-state index in [-0.39, 0.29) is 5.91 Å². The van der Waals surface area contributed by atoms with Gasteiger partial charge in [-0.25, -0.2) is 4.79 Å². The number of hydrogen-bond donors (Lipinski definition) is 2. The van der Waals surface area contributed by atoms with Crippen LogP contribution in [0.1, 0.15) is 24.8 Å². The minimum Gasteiger partial charge on any atom is -0.480 e. The van der Waals surface area contributed by atoms with Gasteiger partial charge in [-0.05, 0) is 43.0 Å². The topological polar surface area (TPSA) is 83.6 Å². The lowest BCUT2D eigenvalue weighted by atomic mass is 10.0. The summed E-state index contributed by atoms with van der Waals surface area (Å²) in [7, 11) is 0. The Morgan fingerprint density at radius 3 is 2.85 bits per heavy atom. The van der Waals surface area contributed by atoms with E-state index in [1.54, 1.807) is 24.3 Å². The van der Waals surface area contributed by atoms with Gasteiger partial charge >= 0.3 is 5.97 Å². The number of carboxylic acids is 1. The summed E-state index contributed by atoms with van der Waals surface area (Å²) in [6.07, 6.45) is 5.29. The fraction of sp³-hybridized carbons (Fsp3) is 0.333. The fourth-order valence-corrected chi connectivity index (χ4v) is 2.38. The fourth-order valence-electron chi connectivity index (χ4n) is 2.38. The van der Waals surface area contributed by atoms with Gasteiger partial charge in [-0.3, -0.25) is 4.79 Å². The van der Waals surface area contributed by atoms with Crippen molar-refractivity contribution < 1.29 is 14.7 Å². The molecular weight excluding hydrogens is 256 g/mol. The minimum absolute atomic E-state index is 0.264. The number of rotatable bonds is 3. The van der Waals surface area contributed by atoms with E-state index in [2.05, 4.69) is 0 Å². The van der Waals surface area contributed by atoms with E-state index in [1.807, 2.05) is 6.07 Å². The lowest BCUT2D eigenvalue weighted by Gasteiger charge is -2.32. The molecule has 0 aromatic heterocycles. The van der Waals surface area contributed by atoms with Gasteiger partial charge < -0.3 is 15.7 Å². The van der Waals surface area contributed by atoms with Crippen molar-refractivity contribution in [2.45, 2.75) is 25.3 Å². The molecule has 1 atom stereocenters. The molecule has 106 valence electrons. The largest absolute Gasteiger partial charge is 0.480 e. The van der Waals surface area contributed by atoms with E-state index in [1.165, 1.54) is 11.0 Å². The Balaban J connectivity index is 2.08. The third-order valence-electron chi connectivity index (χ3n) is 3.40. The van der Waals surface area contributed by atoms with E-state index in [4.69, 9.17) is 10.8 Å². The molecule has 20 heavy (non-hydrogen) atoms. The first-order chi connectivity index (χ1) is 9.58. The predicted octanol–water partition coefficient (Wildman–Crippen LogP) is 1.75. The lowest BCUT2D eigenvalue weighted by molar-refractivity contribution is -0.150. The molecule has 0 saturated carbocycles. The van der Waals surface area contributed by atoms with Crippen LogP contribution < -0.4 is 5.73 Å². The Hall–Kier alpha value is -2.30. The molecule has 1 aromatic carbocycles. The molecule has 1 heterocycles. The van der Waals surface area contributed by atoms with Crippen LogP contribution in [0.5, 0.6) is 0 Å². The first-order valence-corrected chi connectivity index (χ1v) is 6.65. The lowest BCUT2D eigenvalue weighted by Crippen LogP contribution is -2.47. The number of benzene rings is 1. The number of aliphatic carboxylic acids is 1. The SMILES string of the molecule is Nc1cccc(/C=C/C(=O)N2CCCC[C@H]2C(=O)O)c1. The number of nitrogens with two attached hydrogens (primary N) is 1. The highest BCUT2D eigenvalue weighted by molar-refractivity contribution is 5.94. The van der Waals surface area contributed by atoms with Gasteiger partial charge in [0.2, 0.25) is 5.91 Å². The summed E-state index contributed by atoms with van der Waals surface area (Å²) in [6.45, 7) is 0.497. The zero-order valence-corrected chi connectivity index (χ0v) is 11.2. The second-order valence-corrected chi connectivity index (χ2v) is 4.88. The Bertz CT molecular complexity index is 540. The molecule has 1 amide bonds. The van der Waals surface area contributed by atoms with E-state index < -0.39 is 12.0 Å². The summed E-state index contributed by atoms with van der Waals surface area (Å²) in [5.74, 6) is -1.20. The molecule has 1 aliphatic heterocycles. The van der Waals surface area contributed by atoms with Crippen molar-refractivity contribution in [1.82, 2.24) is 4.90 Å². The molecule has 1 saturated heterocycles. The molecule has 1 aliphatic rings. The van der Waals surface area contributed by atoms with Crippen LogP contribution in [0, 0.1) is 0 Å². The van der Waals surface area contributed by atoms with Crippen LogP contribution in [0.4, 0.5) is 5.69 Å². The van der Waals surface area contributed by atoms with E-state index >= 15 is 0 Å². The predicted molar refractivity (Wildman–Crippen MR) is 76.9 cm³/mol. The zero-order valence-electron chi connectivity index (χ0n) is 11.2. The van der Waals surface area contributed by atoms with Crippen LogP contribution in [0.2, 0.25) is 0 Å². The summed E-state index contributed by atoms with van der Waals surface area (Å²) in [4.78, 5) is 24.7. The Morgan fingerprint density at radius 1 is 1.35 bits per heavy atom. The van der Waals surface area contributed by atoms with Crippen molar-refractivity contribution in [2.24, 2.45) is 0 Å². The highest BCUT2D eigenvalue weighted by Gasteiger charge is 2.30. The van der Waals surface area contributed by atoms with Gasteiger partial charge in [0.05, 0.1) is 0 Å². The van der Waals surface area contributed by atoms with Crippen molar-refractivity contribution in [1.29, 1.82) is 0 Å². The molecule has 3 N–H and O–H groups in total. The second kappa shape index (κ2) is 6.23. The Kier molecular flexibility index (Phi) is 4.40. The average Bonchev–Trinajstić information content (AvgIpc) is 2.45. The van der Waals surface area contributed by atoms with Gasteiger partial charge in [0, 0.05) is 18.3 Å². The third kappa shape index (κ3) is 3.38. The summed E-state index contributed by atoms with van der Waals surface area (Å²) >= 11 is 0. The van der Waals surface area contributed by atoms with Crippen LogP contribution in [0.3, 0.4) is 0 Å². The molecular formula is C15H18N2O3. The Labute approximate surface area is 117 Å². The molecule has 2 rings (SSSR count). The standard InChI is InChI=1S/C15H18N2O3/c16-12-5-3-4-11(10-12)7-8-14(18)17-9-2-1-6-13(17)15(19)20/h3-5,7-8,10,13H,1-2,6,9,16H2,(H,19,20)/b8-7+/t13-/m0/s1. The van der Waals surface area contributed by atoms with E-state index in [0.29, 0.717) is 18.7 Å². The molecule has 0 spiro atoms. The van der Waals surface area contributed by atoms with E-state index in [0.717, 1.165) is 18.4 Å². The highest BCUT2D eigenvalue weighted by Crippen LogP contribution is 2.18. The number of carboxylic acid groups (broad SMARTS) is 1. The molecule has 0 radical (unpaired) electrons. The summed E-state index contributed by atoms with van der Waals surface area (Å²) in [5, 5.41) is 9.14. The van der Waals surface area contributed by atoms with Gasteiger partial charge in [0.15, 0.2) is 0 Å². The van der Waals surface area contributed by atoms with Crippen molar-refractivity contribution >= 4 is 23.6 Å². The molecule has 5 heteroatoms. The summed E-state index contributed by atoms with van der Waals surface area (Å²) < 4.78 is 0. The number of piperidine rings is 1. The number of anilines is 1. The van der Waals surface area contributed by atoms with Crippen molar-refractivity contribution in [3.8, 4) is 0 Å². The van der Waals surface area contributed by atoms with E-state index in [9.17, 15) is 9.59 Å². The number of hydrogen-bond acceptors (Lipinski definition) is 3. The molecule has 0 unspecified atom stereocenters. The number of amides is 1. The molecule has 1 aromatic rings. The number of nitrogen functional groups attached to an aromatic ring is 1. The van der Waals surface area contributed by atoms with Crippen LogP contribution in [0.15, 0.2) is 30.3 Å². The monoisotopic (exact) mass is 274 g/mol. The minimum atomic E-state index is -0.935. The highest BCUT2D eigenvalue weighted by atomic mass is 16.4. The van der Waals surface area contributed by atoms with Gasteiger partial charge in [0.25, 0.3) is 0 Å². The maximum atomic E-state index is 12.1. The van der Waals surface area contributed by atoms with Gasteiger partial charge in [0.1, 0.15) is 6.04 Å². The first-order valence-electron chi connectivity index (χ1n) is 6.65. The van der Waals surface area contributed by atoms with Crippen molar-refractivity contribution in [3.05, 3.63) is 35.9 Å². The number of nitrogens with zero attached hydrogens (tertiary/aromatic N) is 1. The Morgan fingerprint density at radius 2 is 2.15 bits per heavy atom. The summed E-state index contributed by atoms with van der Waals surface area (Å²) in [6, 6.07) is 6.46. The first kappa shape index (κ1) is 14.1. The average molecular weight is 274 g/mol. The van der Waals surface area contributed by atoms with Crippen LogP contribution in [0.25, 0.3) is 6.08 Å². The zero-order chi connectivity index (χ0) is 14.5.